The Kier molecular flexibility index (Phi) is 5.31. The summed E-state index contributed by atoms with van der Waals surface area (Å²) < 4.78 is 56.0. The smallest absolute Gasteiger partial charge is 0.417 e. The molecule has 0 unspecified atom stereocenters. The molecule has 0 aromatic heterocycles. The van der Waals surface area contributed by atoms with Crippen LogP contribution in [-0.4, -0.2) is 23.2 Å². The molecule has 25 heavy (non-hydrogen) atoms. The highest BCUT2D eigenvalue weighted by Crippen LogP contribution is 2.42. The summed E-state index contributed by atoms with van der Waals surface area (Å²) in [6.45, 7) is 0. The molecule has 0 heterocycles. The Morgan fingerprint density at radius 2 is 1.80 bits per heavy atom. The van der Waals surface area contributed by atoms with Crippen molar-refractivity contribution >= 4 is 19.0 Å². The fraction of sp³-hybridized carbons (Fsp3) is 0.200. The van der Waals surface area contributed by atoms with Crippen molar-refractivity contribution in [1.82, 2.24) is 0 Å². The number of benzene rings is 2. The first-order chi connectivity index (χ1) is 11.5. The molecular weight excluding hydrogens is 360 g/mol. The molecule has 0 bridgehead atoms. The Hall–Kier alpha value is -2.22. The molecule has 0 aliphatic heterocycles. The van der Waals surface area contributed by atoms with E-state index in [9.17, 15) is 17.7 Å². The fourth-order valence-corrected chi connectivity index (χ4v) is 2.58. The number of nitrogens with one attached hydrogen (secondary N) is 1. The second-order valence-corrected chi connectivity index (χ2v) is 6.86. The first-order valence-electron chi connectivity index (χ1n) is 6.95. The molecule has 5 N–H and O–H groups in total. The fourth-order valence-electron chi connectivity index (χ4n) is 2.20. The van der Waals surface area contributed by atoms with Gasteiger partial charge in [-0.05, 0) is 35.4 Å². The second kappa shape index (κ2) is 6.95. The Morgan fingerprint density at radius 3 is 2.28 bits per heavy atom. The van der Waals surface area contributed by atoms with Crippen LogP contribution in [0.2, 0.25) is 0 Å². The third-order valence-electron chi connectivity index (χ3n) is 3.37. The number of halogens is 3. The van der Waals surface area contributed by atoms with Crippen molar-refractivity contribution in [3.8, 4) is 16.9 Å². The van der Waals surface area contributed by atoms with Gasteiger partial charge in [-0.25, -0.2) is 0 Å². The molecule has 0 amide bonds. The van der Waals surface area contributed by atoms with Gasteiger partial charge in [-0.3, -0.25) is 4.57 Å². The number of nitrogens with two attached hydrogens (primary N) is 1. The molecule has 2 aromatic carbocycles. The van der Waals surface area contributed by atoms with Gasteiger partial charge in [0.25, 0.3) is 0 Å². The van der Waals surface area contributed by atoms with Gasteiger partial charge in [-0.15, -0.1) is 0 Å². The molecule has 2 rings (SSSR count). The lowest BCUT2D eigenvalue weighted by molar-refractivity contribution is -0.137. The lowest BCUT2D eigenvalue weighted by Crippen LogP contribution is -2.11. The Morgan fingerprint density at radius 1 is 1.20 bits per heavy atom. The molecule has 0 saturated carbocycles. The lowest BCUT2D eigenvalue weighted by atomic mass is 9.97. The van der Waals surface area contributed by atoms with Gasteiger partial charge >= 0.3 is 13.8 Å². The Labute approximate surface area is 141 Å². The molecule has 6 nitrogen and oxygen atoms in total. The van der Waals surface area contributed by atoms with Crippen LogP contribution in [-0.2, 0) is 10.7 Å². The lowest BCUT2D eigenvalue weighted by Gasteiger charge is -2.18. The van der Waals surface area contributed by atoms with Gasteiger partial charge in [0.15, 0.2) is 0 Å². The quantitative estimate of drug-likeness (QED) is 0.470. The van der Waals surface area contributed by atoms with Crippen LogP contribution in [0.1, 0.15) is 5.56 Å². The maximum atomic E-state index is 13.3. The van der Waals surface area contributed by atoms with E-state index in [0.717, 1.165) is 12.1 Å². The third-order valence-corrected chi connectivity index (χ3v) is 3.94. The number of nitrogen functional groups attached to an aromatic ring is 1. The average molecular weight is 376 g/mol. The molecule has 0 aliphatic rings. The van der Waals surface area contributed by atoms with Crippen molar-refractivity contribution in [1.29, 1.82) is 0 Å². The van der Waals surface area contributed by atoms with Gasteiger partial charge in [-0.2, -0.15) is 13.2 Å². The number of anilines is 2. The second-order valence-electron chi connectivity index (χ2n) is 5.21. The van der Waals surface area contributed by atoms with E-state index in [0.29, 0.717) is 5.75 Å². The van der Waals surface area contributed by atoms with Crippen LogP contribution in [0.5, 0.6) is 5.75 Å². The normalized spacial score (nSPS) is 12.1. The zero-order valence-corrected chi connectivity index (χ0v) is 13.9. The Balaban J connectivity index is 2.54. The highest BCUT2D eigenvalue weighted by Gasteiger charge is 2.34. The maximum absolute atomic E-state index is 13.3. The van der Waals surface area contributed by atoms with Gasteiger partial charge in [0.1, 0.15) is 12.0 Å². The predicted octanol–water partition coefficient (Wildman–Crippen LogP) is 3.51. The zero-order valence-electron chi connectivity index (χ0n) is 13.0. The van der Waals surface area contributed by atoms with E-state index in [1.165, 1.54) is 31.4 Å². The van der Waals surface area contributed by atoms with Crippen molar-refractivity contribution in [3.63, 3.8) is 0 Å². The number of ether oxygens (including phenoxy) is 1. The van der Waals surface area contributed by atoms with Crippen molar-refractivity contribution in [2.45, 2.75) is 6.18 Å². The molecule has 0 atom stereocenters. The van der Waals surface area contributed by atoms with E-state index in [1.54, 1.807) is 0 Å². The minimum absolute atomic E-state index is 0.00198. The molecule has 0 radical (unpaired) electrons. The SMILES string of the molecule is COc1ccc(-c2cc(NCP(=O)(O)O)c(N)cc2C(F)(F)F)cc1. The molecule has 0 saturated heterocycles. The predicted molar refractivity (Wildman–Crippen MR) is 88.4 cm³/mol. The van der Waals surface area contributed by atoms with Gasteiger partial charge < -0.3 is 25.6 Å². The van der Waals surface area contributed by atoms with Crippen LogP contribution in [0.25, 0.3) is 11.1 Å². The van der Waals surface area contributed by atoms with E-state index >= 15 is 0 Å². The summed E-state index contributed by atoms with van der Waals surface area (Å²) in [6.07, 6.45) is -5.39. The highest BCUT2D eigenvalue weighted by molar-refractivity contribution is 7.51. The minimum atomic E-state index is -4.65. The van der Waals surface area contributed by atoms with Crippen LogP contribution >= 0.6 is 7.60 Å². The van der Waals surface area contributed by atoms with Crippen LogP contribution in [0.3, 0.4) is 0 Å². The van der Waals surface area contributed by atoms with E-state index in [-0.39, 0.29) is 22.5 Å². The van der Waals surface area contributed by atoms with E-state index in [1.807, 2.05) is 0 Å². The van der Waals surface area contributed by atoms with Crippen LogP contribution in [0.15, 0.2) is 36.4 Å². The van der Waals surface area contributed by atoms with Crippen molar-refractivity contribution in [3.05, 3.63) is 42.0 Å². The van der Waals surface area contributed by atoms with Gasteiger partial charge in [-0.1, -0.05) is 12.1 Å². The number of rotatable bonds is 5. The summed E-state index contributed by atoms with van der Waals surface area (Å²) in [5, 5.41) is 2.38. The summed E-state index contributed by atoms with van der Waals surface area (Å²) in [7, 11) is -2.96. The maximum Gasteiger partial charge on any atom is 0.417 e. The van der Waals surface area contributed by atoms with Crippen LogP contribution in [0.4, 0.5) is 24.5 Å². The molecule has 0 fully saturated rings. The zero-order chi connectivity index (χ0) is 18.8. The number of hydrogen-bond donors (Lipinski definition) is 4. The summed E-state index contributed by atoms with van der Waals surface area (Å²) in [5.74, 6) is 0.479. The molecular formula is C15H16F3N2O4P. The van der Waals surface area contributed by atoms with Crippen LogP contribution in [0, 0.1) is 0 Å². The topological polar surface area (TPSA) is 105 Å². The van der Waals surface area contributed by atoms with Crippen LogP contribution < -0.4 is 15.8 Å². The third kappa shape index (κ3) is 4.88. The van der Waals surface area contributed by atoms with Crippen molar-refractivity contribution < 1.29 is 32.3 Å². The van der Waals surface area contributed by atoms with Gasteiger partial charge in [0, 0.05) is 0 Å². The van der Waals surface area contributed by atoms with Crippen molar-refractivity contribution in [2.24, 2.45) is 0 Å². The number of hydrogen-bond acceptors (Lipinski definition) is 4. The number of alkyl halides is 3. The van der Waals surface area contributed by atoms with E-state index in [2.05, 4.69) is 5.32 Å². The summed E-state index contributed by atoms with van der Waals surface area (Å²) in [6, 6.07) is 7.78. The molecule has 0 aliphatic carbocycles. The first kappa shape index (κ1) is 19.1. The standard InChI is InChI=1S/C15H16F3N2O4P/c1-24-10-4-2-9(3-5-10)11-6-14(20-8-25(21,22)23)13(19)7-12(11)15(16,17)18/h2-7,20H,8,19H2,1H3,(H2,21,22,23). The van der Waals surface area contributed by atoms with Gasteiger partial charge in [0.05, 0.1) is 24.0 Å². The summed E-state index contributed by atoms with van der Waals surface area (Å²) in [4.78, 5) is 17.8. The average Bonchev–Trinajstić information content (AvgIpc) is 2.52. The van der Waals surface area contributed by atoms with Crippen molar-refractivity contribution in [2.75, 3.05) is 24.4 Å². The Bertz CT molecular complexity index is 804. The summed E-state index contributed by atoms with van der Waals surface area (Å²) >= 11 is 0. The molecule has 0 spiro atoms. The van der Waals surface area contributed by atoms with E-state index < -0.39 is 25.6 Å². The van der Waals surface area contributed by atoms with E-state index in [4.69, 9.17) is 20.3 Å². The van der Waals surface area contributed by atoms with Gasteiger partial charge in [0.2, 0.25) is 0 Å². The minimum Gasteiger partial charge on any atom is -0.497 e. The molecule has 2 aromatic rings. The highest BCUT2D eigenvalue weighted by atomic mass is 31.2. The largest absolute Gasteiger partial charge is 0.497 e. The monoisotopic (exact) mass is 376 g/mol. The number of methoxy groups -OCH3 is 1. The first-order valence-corrected chi connectivity index (χ1v) is 8.74. The summed E-state index contributed by atoms with van der Waals surface area (Å²) in [5.41, 5.74) is 4.48. The molecule has 10 heteroatoms. The molecule has 136 valence electrons.